The number of carbonyl (C=O) groups is 1. The second kappa shape index (κ2) is 4.79. The number of amides is 1. The maximum atomic E-state index is 13.0. The van der Waals surface area contributed by atoms with E-state index in [2.05, 4.69) is 5.32 Å². The molecule has 0 fully saturated rings. The molecule has 1 unspecified atom stereocenters. The molecule has 0 aliphatic heterocycles. The summed E-state index contributed by atoms with van der Waals surface area (Å²) in [5.41, 5.74) is 4.69. The number of hydrogen-bond donors (Lipinski definition) is 2. The van der Waals surface area contributed by atoms with Gasteiger partial charge in [0, 0.05) is 12.1 Å². The molecule has 0 saturated carbocycles. The Hall–Kier alpha value is -1.49. The number of carbonyl (C=O) groups excluding carboxylic acids is 1. The third-order valence-electron chi connectivity index (χ3n) is 2.58. The molecule has 0 radical (unpaired) electrons. The SMILES string of the molecule is CC(NC(C)(C)C(N)=O)c1cc(F)cc(F)c1. The van der Waals surface area contributed by atoms with Gasteiger partial charge in [-0.3, -0.25) is 10.1 Å². The molecule has 1 aromatic carbocycles. The number of nitrogens with two attached hydrogens (primary N) is 1. The van der Waals surface area contributed by atoms with Crippen LogP contribution >= 0.6 is 0 Å². The molecule has 0 bridgehead atoms. The van der Waals surface area contributed by atoms with Gasteiger partial charge in [-0.15, -0.1) is 0 Å². The van der Waals surface area contributed by atoms with Crippen LogP contribution in [0.2, 0.25) is 0 Å². The van der Waals surface area contributed by atoms with Crippen LogP contribution in [-0.2, 0) is 4.79 Å². The Morgan fingerprint density at radius 1 is 1.29 bits per heavy atom. The Kier molecular flexibility index (Phi) is 3.83. The molecule has 1 aromatic rings. The van der Waals surface area contributed by atoms with Crippen molar-refractivity contribution in [3.63, 3.8) is 0 Å². The smallest absolute Gasteiger partial charge is 0.237 e. The average molecular weight is 242 g/mol. The fraction of sp³-hybridized carbons (Fsp3) is 0.417. The van der Waals surface area contributed by atoms with Crippen LogP contribution in [0.4, 0.5) is 8.78 Å². The number of hydrogen-bond acceptors (Lipinski definition) is 2. The topological polar surface area (TPSA) is 55.1 Å². The van der Waals surface area contributed by atoms with Gasteiger partial charge in [-0.1, -0.05) is 0 Å². The van der Waals surface area contributed by atoms with Crippen LogP contribution in [0, 0.1) is 11.6 Å². The monoisotopic (exact) mass is 242 g/mol. The van der Waals surface area contributed by atoms with Gasteiger partial charge in [0.1, 0.15) is 11.6 Å². The highest BCUT2D eigenvalue weighted by Gasteiger charge is 2.26. The van der Waals surface area contributed by atoms with Gasteiger partial charge in [-0.05, 0) is 38.5 Å². The molecular weight excluding hydrogens is 226 g/mol. The lowest BCUT2D eigenvalue weighted by molar-refractivity contribution is -0.123. The van der Waals surface area contributed by atoms with E-state index in [1.807, 2.05) is 0 Å². The minimum absolute atomic E-state index is 0.386. The molecule has 0 heterocycles. The maximum absolute atomic E-state index is 13.0. The van der Waals surface area contributed by atoms with Crippen molar-refractivity contribution in [2.75, 3.05) is 0 Å². The molecule has 0 saturated heterocycles. The minimum atomic E-state index is -0.942. The van der Waals surface area contributed by atoms with Gasteiger partial charge in [0.2, 0.25) is 5.91 Å². The molecule has 1 atom stereocenters. The van der Waals surface area contributed by atoms with Crippen molar-refractivity contribution in [2.24, 2.45) is 5.73 Å². The van der Waals surface area contributed by atoms with Crippen molar-refractivity contribution in [1.29, 1.82) is 0 Å². The Morgan fingerprint density at radius 2 is 1.76 bits per heavy atom. The van der Waals surface area contributed by atoms with Crippen molar-refractivity contribution < 1.29 is 13.6 Å². The second-order valence-corrected chi connectivity index (χ2v) is 4.56. The molecule has 0 aliphatic rings. The molecule has 1 rings (SSSR count). The predicted octanol–water partition coefficient (Wildman–Crippen LogP) is 1.88. The van der Waals surface area contributed by atoms with E-state index in [4.69, 9.17) is 5.73 Å². The lowest BCUT2D eigenvalue weighted by Gasteiger charge is -2.27. The summed E-state index contributed by atoms with van der Waals surface area (Å²) in [6.07, 6.45) is 0. The summed E-state index contributed by atoms with van der Waals surface area (Å²) >= 11 is 0. The first-order chi connectivity index (χ1) is 7.72. The van der Waals surface area contributed by atoms with Gasteiger partial charge in [-0.25, -0.2) is 8.78 Å². The highest BCUT2D eigenvalue weighted by Crippen LogP contribution is 2.18. The van der Waals surface area contributed by atoms with E-state index < -0.39 is 23.1 Å². The Morgan fingerprint density at radius 3 is 2.18 bits per heavy atom. The zero-order valence-corrected chi connectivity index (χ0v) is 10.1. The predicted molar refractivity (Wildman–Crippen MR) is 61.2 cm³/mol. The summed E-state index contributed by atoms with van der Waals surface area (Å²) in [5, 5.41) is 2.92. The molecule has 17 heavy (non-hydrogen) atoms. The number of rotatable bonds is 4. The number of halogens is 2. The molecule has 5 heteroatoms. The Balaban J connectivity index is 2.90. The van der Waals surface area contributed by atoms with Crippen LogP contribution in [0.3, 0.4) is 0 Å². The van der Waals surface area contributed by atoms with Crippen molar-refractivity contribution in [1.82, 2.24) is 5.32 Å². The molecule has 0 spiro atoms. The molecule has 0 aromatic heterocycles. The summed E-state index contributed by atoms with van der Waals surface area (Å²) in [7, 11) is 0. The first kappa shape index (κ1) is 13.6. The summed E-state index contributed by atoms with van der Waals surface area (Å²) < 4.78 is 26.0. The fourth-order valence-corrected chi connectivity index (χ4v) is 1.52. The zero-order chi connectivity index (χ0) is 13.2. The Labute approximate surface area is 99.0 Å². The molecule has 3 N–H and O–H groups in total. The van der Waals surface area contributed by atoms with Crippen molar-refractivity contribution in [2.45, 2.75) is 32.4 Å². The standard InChI is InChI=1S/C12H16F2N2O/c1-7(16-12(2,3)11(15)17)8-4-9(13)6-10(14)5-8/h4-7,16H,1-3H3,(H2,15,17). The van der Waals surface area contributed by atoms with Gasteiger partial charge in [0.05, 0.1) is 5.54 Å². The first-order valence-corrected chi connectivity index (χ1v) is 5.26. The maximum Gasteiger partial charge on any atom is 0.237 e. The van der Waals surface area contributed by atoms with Crippen LogP contribution in [0.1, 0.15) is 32.4 Å². The molecule has 0 aliphatic carbocycles. The van der Waals surface area contributed by atoms with Crippen LogP contribution < -0.4 is 11.1 Å². The van der Waals surface area contributed by atoms with E-state index in [1.54, 1.807) is 20.8 Å². The third kappa shape index (κ3) is 3.49. The Bertz CT molecular complexity index is 412. The minimum Gasteiger partial charge on any atom is -0.368 e. The van der Waals surface area contributed by atoms with Crippen molar-refractivity contribution >= 4 is 5.91 Å². The van der Waals surface area contributed by atoms with E-state index in [0.717, 1.165) is 6.07 Å². The summed E-state index contributed by atoms with van der Waals surface area (Å²) in [6.45, 7) is 4.93. The van der Waals surface area contributed by atoms with Gasteiger partial charge >= 0.3 is 0 Å². The fourth-order valence-electron chi connectivity index (χ4n) is 1.52. The van der Waals surface area contributed by atoms with Gasteiger partial charge < -0.3 is 5.73 Å². The number of nitrogens with one attached hydrogen (secondary N) is 1. The van der Waals surface area contributed by atoms with E-state index in [9.17, 15) is 13.6 Å². The molecular formula is C12H16F2N2O. The van der Waals surface area contributed by atoms with E-state index in [-0.39, 0.29) is 6.04 Å². The highest BCUT2D eigenvalue weighted by molar-refractivity contribution is 5.83. The van der Waals surface area contributed by atoms with Gasteiger partial charge in [-0.2, -0.15) is 0 Å². The summed E-state index contributed by atoms with van der Waals surface area (Å²) in [6, 6.07) is 2.85. The van der Waals surface area contributed by atoms with Gasteiger partial charge in [0.15, 0.2) is 0 Å². The van der Waals surface area contributed by atoms with Crippen molar-refractivity contribution in [3.05, 3.63) is 35.4 Å². The van der Waals surface area contributed by atoms with Crippen LogP contribution in [0.5, 0.6) is 0 Å². The van der Waals surface area contributed by atoms with E-state index in [0.29, 0.717) is 5.56 Å². The second-order valence-electron chi connectivity index (χ2n) is 4.56. The highest BCUT2D eigenvalue weighted by atomic mass is 19.1. The number of primary amides is 1. The average Bonchev–Trinajstić information content (AvgIpc) is 2.15. The number of benzene rings is 1. The van der Waals surface area contributed by atoms with Crippen molar-refractivity contribution in [3.8, 4) is 0 Å². The van der Waals surface area contributed by atoms with Gasteiger partial charge in [0.25, 0.3) is 0 Å². The van der Waals surface area contributed by atoms with Crippen LogP contribution in [0.15, 0.2) is 18.2 Å². The molecule has 94 valence electrons. The van der Waals surface area contributed by atoms with E-state index in [1.165, 1.54) is 12.1 Å². The van der Waals surface area contributed by atoms with Crippen LogP contribution in [-0.4, -0.2) is 11.4 Å². The zero-order valence-electron chi connectivity index (χ0n) is 10.1. The quantitative estimate of drug-likeness (QED) is 0.847. The summed E-state index contributed by atoms with van der Waals surface area (Å²) in [4.78, 5) is 11.1. The molecule has 3 nitrogen and oxygen atoms in total. The summed E-state index contributed by atoms with van der Waals surface area (Å²) in [5.74, 6) is -1.82. The van der Waals surface area contributed by atoms with E-state index >= 15 is 0 Å². The van der Waals surface area contributed by atoms with Crippen LogP contribution in [0.25, 0.3) is 0 Å². The lowest BCUT2D eigenvalue weighted by Crippen LogP contribution is -2.51. The lowest BCUT2D eigenvalue weighted by atomic mass is 10.0. The largest absolute Gasteiger partial charge is 0.368 e. The third-order valence-corrected chi connectivity index (χ3v) is 2.58. The normalized spacial score (nSPS) is 13.5. The first-order valence-electron chi connectivity index (χ1n) is 5.26. The molecule has 1 amide bonds.